The van der Waals surface area contributed by atoms with E-state index in [1.165, 1.54) is 0 Å². The topological polar surface area (TPSA) is 55.1 Å². The van der Waals surface area contributed by atoms with Crippen LogP contribution in [-0.4, -0.2) is 23.5 Å². The first-order chi connectivity index (χ1) is 8.61. The molecule has 0 aromatic heterocycles. The number of anilines is 1. The van der Waals surface area contributed by atoms with Crippen LogP contribution in [0.2, 0.25) is 0 Å². The number of nitrogen functional groups attached to an aromatic ring is 1. The van der Waals surface area contributed by atoms with Crippen LogP contribution >= 0.6 is 11.8 Å². The smallest absolute Gasteiger partial charge is 0.224 e. The van der Waals surface area contributed by atoms with Crippen LogP contribution in [-0.2, 0) is 11.2 Å². The zero-order valence-electron chi connectivity index (χ0n) is 11.1. The minimum absolute atomic E-state index is 0.0644. The third-order valence-corrected chi connectivity index (χ3v) is 3.56. The fourth-order valence-electron chi connectivity index (χ4n) is 1.69. The lowest BCUT2D eigenvalue weighted by molar-refractivity contribution is -0.121. The molecule has 100 valence electrons. The average molecular weight is 266 g/mol. The standard InChI is InChI=1S/C14H22N2OS/c1-3-18-8-7-11(2)16-14(17)10-12-5-4-6-13(15)9-12/h4-6,9,11H,3,7-8,10,15H2,1-2H3,(H,16,17). The Balaban J connectivity index is 2.32. The van der Waals surface area contributed by atoms with Crippen molar-refractivity contribution in [1.29, 1.82) is 0 Å². The number of hydrogen-bond acceptors (Lipinski definition) is 3. The summed E-state index contributed by atoms with van der Waals surface area (Å²) in [5.41, 5.74) is 7.34. The number of nitrogens with two attached hydrogens (primary N) is 1. The van der Waals surface area contributed by atoms with Crippen LogP contribution in [0.15, 0.2) is 24.3 Å². The van der Waals surface area contributed by atoms with Crippen molar-refractivity contribution in [3.05, 3.63) is 29.8 Å². The molecule has 3 nitrogen and oxygen atoms in total. The van der Waals surface area contributed by atoms with E-state index in [1.54, 1.807) is 0 Å². The van der Waals surface area contributed by atoms with Gasteiger partial charge in [-0.05, 0) is 42.5 Å². The molecule has 3 N–H and O–H groups in total. The molecule has 0 aliphatic carbocycles. The van der Waals surface area contributed by atoms with Gasteiger partial charge in [-0.15, -0.1) is 0 Å². The summed E-state index contributed by atoms with van der Waals surface area (Å²) in [5.74, 6) is 2.29. The second kappa shape index (κ2) is 8.03. The Morgan fingerprint density at radius 3 is 2.94 bits per heavy atom. The average Bonchev–Trinajstić information content (AvgIpc) is 2.29. The lowest BCUT2D eigenvalue weighted by Crippen LogP contribution is -2.34. The van der Waals surface area contributed by atoms with Gasteiger partial charge in [-0.1, -0.05) is 19.1 Å². The summed E-state index contributed by atoms with van der Waals surface area (Å²) in [6.07, 6.45) is 1.41. The molecule has 0 fully saturated rings. The van der Waals surface area contributed by atoms with E-state index in [1.807, 2.05) is 43.0 Å². The van der Waals surface area contributed by atoms with Gasteiger partial charge in [0.25, 0.3) is 0 Å². The number of nitrogens with one attached hydrogen (secondary N) is 1. The molecule has 1 rings (SSSR count). The molecule has 0 radical (unpaired) electrons. The normalized spacial score (nSPS) is 12.1. The molecule has 0 heterocycles. The monoisotopic (exact) mass is 266 g/mol. The molecule has 0 aliphatic rings. The van der Waals surface area contributed by atoms with E-state index < -0.39 is 0 Å². The van der Waals surface area contributed by atoms with Crippen LogP contribution in [0.5, 0.6) is 0 Å². The first-order valence-corrected chi connectivity index (χ1v) is 7.48. The predicted octanol–water partition coefficient (Wildman–Crippen LogP) is 2.46. The van der Waals surface area contributed by atoms with Gasteiger partial charge in [-0.2, -0.15) is 11.8 Å². The van der Waals surface area contributed by atoms with Crippen molar-refractivity contribution in [2.75, 3.05) is 17.2 Å². The Morgan fingerprint density at radius 2 is 2.28 bits per heavy atom. The second-order valence-electron chi connectivity index (χ2n) is 4.38. The quantitative estimate of drug-likeness (QED) is 0.589. The highest BCUT2D eigenvalue weighted by molar-refractivity contribution is 7.99. The molecule has 0 saturated carbocycles. The van der Waals surface area contributed by atoms with Crippen molar-refractivity contribution >= 4 is 23.4 Å². The summed E-state index contributed by atoms with van der Waals surface area (Å²) < 4.78 is 0. The van der Waals surface area contributed by atoms with Crippen LogP contribution < -0.4 is 11.1 Å². The number of thioether (sulfide) groups is 1. The first-order valence-electron chi connectivity index (χ1n) is 6.33. The Kier molecular flexibility index (Phi) is 6.65. The van der Waals surface area contributed by atoms with Crippen molar-refractivity contribution in [3.63, 3.8) is 0 Å². The number of benzene rings is 1. The van der Waals surface area contributed by atoms with Gasteiger partial charge in [0.05, 0.1) is 6.42 Å². The van der Waals surface area contributed by atoms with Crippen molar-refractivity contribution in [2.45, 2.75) is 32.7 Å². The molecule has 0 spiro atoms. The molecule has 0 bridgehead atoms. The van der Waals surface area contributed by atoms with Crippen LogP contribution in [0.25, 0.3) is 0 Å². The molecule has 1 atom stereocenters. The summed E-state index contributed by atoms with van der Waals surface area (Å²) in [6.45, 7) is 4.20. The number of carbonyl (C=O) groups excluding carboxylic acids is 1. The van der Waals surface area contributed by atoms with Gasteiger partial charge in [0.1, 0.15) is 0 Å². The SMILES string of the molecule is CCSCCC(C)NC(=O)Cc1cccc(N)c1. The zero-order chi connectivity index (χ0) is 13.4. The fourth-order valence-corrected chi connectivity index (χ4v) is 2.50. The third-order valence-electron chi connectivity index (χ3n) is 2.62. The van der Waals surface area contributed by atoms with E-state index in [2.05, 4.69) is 12.2 Å². The van der Waals surface area contributed by atoms with Crippen molar-refractivity contribution < 1.29 is 4.79 Å². The minimum atomic E-state index is 0.0644. The molecule has 1 aromatic rings. The zero-order valence-corrected chi connectivity index (χ0v) is 11.9. The van der Waals surface area contributed by atoms with Gasteiger partial charge >= 0.3 is 0 Å². The van der Waals surface area contributed by atoms with Crippen LogP contribution in [0.4, 0.5) is 5.69 Å². The highest BCUT2D eigenvalue weighted by atomic mass is 32.2. The highest BCUT2D eigenvalue weighted by Gasteiger charge is 2.08. The first kappa shape index (κ1) is 14.9. The number of rotatable bonds is 7. The van der Waals surface area contributed by atoms with Gasteiger partial charge in [0.2, 0.25) is 5.91 Å². The summed E-state index contributed by atoms with van der Waals surface area (Å²) in [4.78, 5) is 11.8. The largest absolute Gasteiger partial charge is 0.399 e. The van der Waals surface area contributed by atoms with Gasteiger partial charge < -0.3 is 11.1 Å². The molecule has 18 heavy (non-hydrogen) atoms. The van der Waals surface area contributed by atoms with E-state index in [9.17, 15) is 4.79 Å². The number of hydrogen-bond donors (Lipinski definition) is 2. The van der Waals surface area contributed by atoms with Crippen LogP contribution in [0.3, 0.4) is 0 Å². The summed E-state index contributed by atoms with van der Waals surface area (Å²) in [6, 6.07) is 7.70. The Labute approximate surface area is 114 Å². The van der Waals surface area contributed by atoms with E-state index in [4.69, 9.17) is 5.73 Å². The maximum absolute atomic E-state index is 11.8. The molecule has 4 heteroatoms. The molecule has 1 aromatic carbocycles. The summed E-state index contributed by atoms with van der Waals surface area (Å²) >= 11 is 1.90. The Bertz CT molecular complexity index is 382. The van der Waals surface area contributed by atoms with E-state index >= 15 is 0 Å². The maximum Gasteiger partial charge on any atom is 0.224 e. The molecule has 1 amide bonds. The van der Waals surface area contributed by atoms with Crippen molar-refractivity contribution in [3.8, 4) is 0 Å². The Morgan fingerprint density at radius 1 is 1.50 bits per heavy atom. The van der Waals surface area contributed by atoms with Gasteiger partial charge in [-0.25, -0.2) is 0 Å². The van der Waals surface area contributed by atoms with Crippen molar-refractivity contribution in [2.24, 2.45) is 0 Å². The third kappa shape index (κ3) is 5.96. The summed E-state index contributed by atoms with van der Waals surface area (Å²) in [5, 5.41) is 3.01. The van der Waals surface area contributed by atoms with E-state index in [0.29, 0.717) is 12.1 Å². The van der Waals surface area contributed by atoms with Crippen LogP contribution in [0, 0.1) is 0 Å². The fraction of sp³-hybridized carbons (Fsp3) is 0.500. The summed E-state index contributed by atoms with van der Waals surface area (Å²) in [7, 11) is 0. The van der Waals surface area contributed by atoms with Gasteiger partial charge in [0, 0.05) is 11.7 Å². The van der Waals surface area contributed by atoms with Crippen molar-refractivity contribution in [1.82, 2.24) is 5.32 Å². The lowest BCUT2D eigenvalue weighted by Gasteiger charge is -2.13. The van der Waals surface area contributed by atoms with Gasteiger partial charge in [0.15, 0.2) is 0 Å². The van der Waals surface area contributed by atoms with Crippen LogP contribution in [0.1, 0.15) is 25.8 Å². The Hall–Kier alpha value is -1.16. The van der Waals surface area contributed by atoms with E-state index in [0.717, 1.165) is 23.5 Å². The predicted molar refractivity (Wildman–Crippen MR) is 79.8 cm³/mol. The number of carbonyl (C=O) groups is 1. The molecule has 1 unspecified atom stereocenters. The molecule has 0 saturated heterocycles. The molecule has 0 aliphatic heterocycles. The number of amides is 1. The van der Waals surface area contributed by atoms with E-state index in [-0.39, 0.29) is 11.9 Å². The lowest BCUT2D eigenvalue weighted by atomic mass is 10.1. The maximum atomic E-state index is 11.8. The minimum Gasteiger partial charge on any atom is -0.399 e. The van der Waals surface area contributed by atoms with Gasteiger partial charge in [-0.3, -0.25) is 4.79 Å². The highest BCUT2D eigenvalue weighted by Crippen LogP contribution is 2.08. The molecular formula is C14H22N2OS. The second-order valence-corrected chi connectivity index (χ2v) is 5.77. The molecular weight excluding hydrogens is 244 g/mol.